The molecule has 0 unspecified atom stereocenters. The summed E-state index contributed by atoms with van der Waals surface area (Å²) in [5.41, 5.74) is 7.11. The van der Waals surface area contributed by atoms with Gasteiger partial charge in [-0.2, -0.15) is 10.5 Å². The van der Waals surface area contributed by atoms with Crippen LogP contribution in [0.4, 0.5) is 11.6 Å². The number of carbonyl (C=O) groups excluding carboxylic acids is 1. The summed E-state index contributed by atoms with van der Waals surface area (Å²) in [4.78, 5) is 29.9. The number of nitrogen functional groups attached to an aromatic ring is 1. The predicted molar refractivity (Wildman–Crippen MR) is 146 cm³/mol. The second-order valence-electron chi connectivity index (χ2n) is 6.90. The molecule has 11 heteroatoms. The summed E-state index contributed by atoms with van der Waals surface area (Å²) in [6.07, 6.45) is 2.99. The third-order valence-electron chi connectivity index (χ3n) is 4.24. The average molecular weight is 622 g/mol. The number of nitrogens with zero attached hydrogens (tertiary/aromatic N) is 4. The van der Waals surface area contributed by atoms with Gasteiger partial charge in [-0.3, -0.25) is 4.79 Å². The molecule has 1 amide bonds. The number of amides is 1. The molecule has 0 saturated carbocycles. The second kappa shape index (κ2) is 14.7. The monoisotopic (exact) mass is 620 g/mol. The summed E-state index contributed by atoms with van der Waals surface area (Å²) in [6.45, 7) is 0. The van der Waals surface area contributed by atoms with Crippen molar-refractivity contribution in [2.75, 3.05) is 11.1 Å². The Balaban J connectivity index is 0.000000214. The van der Waals surface area contributed by atoms with Crippen molar-refractivity contribution in [3.8, 4) is 12.1 Å². The number of aromatic nitrogens is 2. The number of benzene rings is 2. The van der Waals surface area contributed by atoms with E-state index in [0.717, 1.165) is 8.95 Å². The largest absolute Gasteiger partial charge is 0.478 e. The van der Waals surface area contributed by atoms with Gasteiger partial charge in [0.25, 0.3) is 5.91 Å². The molecule has 0 spiro atoms. The normalized spacial score (nSPS) is 9.19. The minimum atomic E-state index is -0.896. The molecule has 0 atom stereocenters. The lowest BCUT2D eigenvalue weighted by molar-refractivity contribution is 0.0696. The van der Waals surface area contributed by atoms with Crippen molar-refractivity contribution in [3.05, 3.63) is 116 Å². The maximum absolute atomic E-state index is 11.9. The fourth-order valence-corrected chi connectivity index (χ4v) is 3.00. The Morgan fingerprint density at radius 3 is 1.73 bits per heavy atom. The summed E-state index contributed by atoms with van der Waals surface area (Å²) < 4.78 is 1.79. The Labute approximate surface area is 229 Å². The summed E-state index contributed by atoms with van der Waals surface area (Å²) in [7, 11) is 0. The molecule has 4 rings (SSSR count). The van der Waals surface area contributed by atoms with E-state index in [1.165, 1.54) is 24.5 Å². The van der Waals surface area contributed by atoms with Crippen LogP contribution in [-0.2, 0) is 0 Å². The number of hydrogen-bond donors (Lipinski definition) is 3. The third kappa shape index (κ3) is 10.3. The number of carboxylic acids is 1. The molecule has 0 radical (unpaired) electrons. The number of rotatable bonds is 3. The minimum Gasteiger partial charge on any atom is -0.478 e. The Bertz CT molecular complexity index is 1450. The molecule has 4 N–H and O–H groups in total. The highest BCUT2D eigenvalue weighted by Gasteiger charge is 2.06. The fraction of sp³-hybridized carbons (Fsp3) is 0. The number of anilines is 2. The zero-order valence-corrected chi connectivity index (χ0v) is 22.1. The van der Waals surface area contributed by atoms with Crippen LogP contribution in [0.15, 0.2) is 94.1 Å². The van der Waals surface area contributed by atoms with Crippen molar-refractivity contribution in [3.63, 3.8) is 0 Å². The van der Waals surface area contributed by atoms with E-state index in [4.69, 9.17) is 21.4 Å². The van der Waals surface area contributed by atoms with Gasteiger partial charge in [0.1, 0.15) is 11.6 Å². The Morgan fingerprint density at radius 2 is 1.27 bits per heavy atom. The van der Waals surface area contributed by atoms with Crippen LogP contribution in [0.2, 0.25) is 0 Å². The highest BCUT2D eigenvalue weighted by Crippen LogP contribution is 2.13. The molecular formula is C26H18Br2N6O3. The molecule has 2 aromatic carbocycles. The van der Waals surface area contributed by atoms with Gasteiger partial charge in [0.2, 0.25) is 0 Å². The number of pyridine rings is 2. The minimum absolute atomic E-state index is 0.259. The first-order valence-corrected chi connectivity index (χ1v) is 11.8. The zero-order chi connectivity index (χ0) is 27.2. The van der Waals surface area contributed by atoms with E-state index in [1.54, 1.807) is 60.7 Å². The van der Waals surface area contributed by atoms with Crippen molar-refractivity contribution >= 4 is 55.4 Å². The molecule has 184 valence electrons. The maximum Gasteiger partial charge on any atom is 0.335 e. The Hall–Kier alpha value is -4.58. The van der Waals surface area contributed by atoms with E-state index in [9.17, 15) is 9.59 Å². The smallest absolute Gasteiger partial charge is 0.335 e. The number of halogens is 2. The summed E-state index contributed by atoms with van der Waals surface area (Å²) in [5, 5.41) is 28.2. The molecule has 4 aromatic rings. The molecule has 0 bridgehead atoms. The Morgan fingerprint density at radius 1 is 0.784 bits per heavy atom. The number of nitrogens with one attached hydrogen (secondary N) is 1. The van der Waals surface area contributed by atoms with Gasteiger partial charge in [0, 0.05) is 26.9 Å². The number of carbonyl (C=O) groups is 2. The quantitative estimate of drug-likeness (QED) is 0.264. The number of hydrogen-bond acceptors (Lipinski definition) is 7. The van der Waals surface area contributed by atoms with Crippen LogP contribution in [0.25, 0.3) is 0 Å². The molecule has 9 nitrogen and oxygen atoms in total. The van der Waals surface area contributed by atoms with E-state index in [1.807, 2.05) is 12.1 Å². The van der Waals surface area contributed by atoms with Crippen LogP contribution in [0.3, 0.4) is 0 Å². The highest BCUT2D eigenvalue weighted by molar-refractivity contribution is 9.10. The van der Waals surface area contributed by atoms with Gasteiger partial charge >= 0.3 is 5.97 Å². The van der Waals surface area contributed by atoms with Crippen LogP contribution in [0, 0.1) is 22.7 Å². The fourth-order valence-electron chi connectivity index (χ4n) is 2.47. The van der Waals surface area contributed by atoms with Gasteiger partial charge < -0.3 is 16.2 Å². The van der Waals surface area contributed by atoms with E-state index in [-0.39, 0.29) is 5.91 Å². The van der Waals surface area contributed by atoms with E-state index < -0.39 is 5.97 Å². The molecule has 0 aliphatic heterocycles. The van der Waals surface area contributed by atoms with Crippen LogP contribution in [0.1, 0.15) is 31.8 Å². The van der Waals surface area contributed by atoms with E-state index >= 15 is 0 Å². The molecule has 2 heterocycles. The lowest BCUT2D eigenvalue weighted by atomic mass is 10.2. The zero-order valence-electron chi connectivity index (χ0n) is 19.0. The summed E-state index contributed by atoms with van der Waals surface area (Å²) >= 11 is 6.50. The maximum atomic E-state index is 11.9. The SMILES string of the molecule is N#Cc1ccnc(N)c1.N#Cc1ccnc(NC(=O)c2ccc(Br)cc2)c1.O=C(O)c1ccc(Br)cc1. The van der Waals surface area contributed by atoms with Crippen molar-refractivity contribution in [1.29, 1.82) is 10.5 Å². The van der Waals surface area contributed by atoms with Gasteiger partial charge in [-0.25, -0.2) is 14.8 Å². The van der Waals surface area contributed by atoms with E-state index in [2.05, 4.69) is 47.1 Å². The van der Waals surface area contributed by atoms with Gasteiger partial charge in [0.05, 0.1) is 28.8 Å². The third-order valence-corrected chi connectivity index (χ3v) is 5.30. The summed E-state index contributed by atoms with van der Waals surface area (Å²) in [5.74, 6) is -0.409. The molecule has 37 heavy (non-hydrogen) atoms. The van der Waals surface area contributed by atoms with Gasteiger partial charge in [-0.1, -0.05) is 31.9 Å². The average Bonchev–Trinajstić information content (AvgIpc) is 2.90. The molecule has 0 aliphatic carbocycles. The van der Waals surface area contributed by atoms with Crippen molar-refractivity contribution in [2.24, 2.45) is 0 Å². The second-order valence-corrected chi connectivity index (χ2v) is 8.73. The van der Waals surface area contributed by atoms with Gasteiger partial charge in [-0.05, 0) is 72.8 Å². The van der Waals surface area contributed by atoms with Crippen LogP contribution in [0.5, 0.6) is 0 Å². The van der Waals surface area contributed by atoms with Crippen molar-refractivity contribution < 1.29 is 14.7 Å². The predicted octanol–water partition coefficient (Wildman–Crippen LogP) is 5.65. The number of nitrogens with two attached hydrogens (primary N) is 1. The first-order chi connectivity index (χ1) is 17.7. The molecular weight excluding hydrogens is 604 g/mol. The topological polar surface area (TPSA) is 166 Å². The number of nitriles is 2. The molecule has 0 fully saturated rings. The van der Waals surface area contributed by atoms with Crippen LogP contribution >= 0.6 is 31.9 Å². The highest BCUT2D eigenvalue weighted by atomic mass is 79.9. The summed E-state index contributed by atoms with van der Waals surface area (Å²) in [6, 6.07) is 23.6. The van der Waals surface area contributed by atoms with Crippen LogP contribution < -0.4 is 11.1 Å². The first kappa shape index (κ1) is 28.7. The van der Waals surface area contributed by atoms with E-state index in [0.29, 0.717) is 33.9 Å². The molecule has 0 aliphatic rings. The standard InChI is InChI=1S/C13H8BrN3O.C7H5BrO2.C6H5N3/c14-11-3-1-10(2-4-11)13(18)17-12-7-9(8-15)5-6-16-12;8-6-3-1-5(2-4-6)7(9)10;7-4-5-1-2-9-6(8)3-5/h1-7H,(H,16,17,18);1-4H,(H,9,10);1-3H,(H2,8,9). The lowest BCUT2D eigenvalue weighted by Gasteiger charge is -2.04. The number of carboxylic acid groups (broad SMARTS) is 1. The lowest BCUT2D eigenvalue weighted by Crippen LogP contribution is -2.12. The Kier molecular flexibility index (Phi) is 11.4. The van der Waals surface area contributed by atoms with Gasteiger partial charge in [0.15, 0.2) is 0 Å². The molecule has 2 aromatic heterocycles. The number of aromatic carboxylic acids is 1. The van der Waals surface area contributed by atoms with Crippen molar-refractivity contribution in [1.82, 2.24) is 9.97 Å². The molecule has 0 saturated heterocycles. The first-order valence-electron chi connectivity index (χ1n) is 10.3. The van der Waals surface area contributed by atoms with Gasteiger partial charge in [-0.15, -0.1) is 0 Å². The van der Waals surface area contributed by atoms with Crippen LogP contribution in [-0.4, -0.2) is 27.0 Å². The van der Waals surface area contributed by atoms with Crippen molar-refractivity contribution in [2.45, 2.75) is 0 Å².